The summed E-state index contributed by atoms with van der Waals surface area (Å²) in [5.74, 6) is -0.506. The number of hydrogen-bond donors (Lipinski definition) is 1. The molecule has 4 rings (SSSR count). The number of alkyl halides is 3. The number of carbonyl (C=O) groups excluding carboxylic acids is 1. The number of hydrogen-bond acceptors (Lipinski definition) is 4. The standard InChI is InChI=1S/C20H14F3N5O/c1-12-10-18(28(27-12)17-9-5-2-6-13(17)20(21,22)23)26-19(29)16-11-24-14-7-3-4-8-15(14)25-16/h2-11H,1H3,(H,26,29). The van der Waals surface area contributed by atoms with Crippen LogP contribution in [0, 0.1) is 6.92 Å². The number of aryl methyl sites for hydroxylation is 1. The minimum Gasteiger partial charge on any atom is -0.305 e. The number of benzene rings is 2. The second kappa shape index (κ2) is 7.01. The van der Waals surface area contributed by atoms with Gasteiger partial charge in [0, 0.05) is 6.07 Å². The van der Waals surface area contributed by atoms with Gasteiger partial charge in [0.15, 0.2) is 0 Å². The van der Waals surface area contributed by atoms with Crippen LogP contribution in [0.2, 0.25) is 0 Å². The molecule has 29 heavy (non-hydrogen) atoms. The molecule has 0 aliphatic carbocycles. The van der Waals surface area contributed by atoms with Gasteiger partial charge in [-0.05, 0) is 31.2 Å². The Kier molecular flexibility index (Phi) is 4.50. The maximum Gasteiger partial charge on any atom is 0.418 e. The van der Waals surface area contributed by atoms with E-state index in [0.29, 0.717) is 16.7 Å². The summed E-state index contributed by atoms with van der Waals surface area (Å²) in [4.78, 5) is 21.1. The highest BCUT2D eigenvalue weighted by molar-refractivity contribution is 6.03. The van der Waals surface area contributed by atoms with Crippen LogP contribution in [0.25, 0.3) is 16.7 Å². The summed E-state index contributed by atoms with van der Waals surface area (Å²) in [7, 11) is 0. The van der Waals surface area contributed by atoms with Crippen molar-refractivity contribution in [1.29, 1.82) is 0 Å². The smallest absolute Gasteiger partial charge is 0.305 e. The summed E-state index contributed by atoms with van der Waals surface area (Å²) < 4.78 is 41.3. The molecule has 2 aromatic carbocycles. The monoisotopic (exact) mass is 397 g/mol. The van der Waals surface area contributed by atoms with Crippen molar-refractivity contribution in [2.45, 2.75) is 13.1 Å². The molecule has 4 aromatic rings. The Morgan fingerprint density at radius 1 is 1.03 bits per heavy atom. The molecule has 0 fully saturated rings. The first kappa shape index (κ1) is 18.6. The molecule has 2 heterocycles. The molecule has 6 nitrogen and oxygen atoms in total. The van der Waals surface area contributed by atoms with Crippen LogP contribution in [0.3, 0.4) is 0 Å². The van der Waals surface area contributed by atoms with E-state index in [1.165, 1.54) is 30.5 Å². The third kappa shape index (κ3) is 3.66. The van der Waals surface area contributed by atoms with Crippen molar-refractivity contribution in [3.63, 3.8) is 0 Å². The van der Waals surface area contributed by atoms with E-state index in [9.17, 15) is 18.0 Å². The molecule has 0 saturated carbocycles. The van der Waals surface area contributed by atoms with Crippen molar-refractivity contribution in [3.8, 4) is 5.69 Å². The Hall–Kier alpha value is -3.75. The summed E-state index contributed by atoms with van der Waals surface area (Å²) in [5, 5.41) is 6.70. The number of aromatic nitrogens is 4. The van der Waals surface area contributed by atoms with Gasteiger partial charge in [-0.2, -0.15) is 18.3 Å². The van der Waals surface area contributed by atoms with Gasteiger partial charge in [0.25, 0.3) is 5.91 Å². The van der Waals surface area contributed by atoms with Gasteiger partial charge in [0.1, 0.15) is 11.5 Å². The molecule has 1 amide bonds. The molecule has 1 N–H and O–H groups in total. The van der Waals surface area contributed by atoms with E-state index in [1.54, 1.807) is 31.2 Å². The van der Waals surface area contributed by atoms with Crippen molar-refractivity contribution in [2.24, 2.45) is 0 Å². The quantitative estimate of drug-likeness (QED) is 0.556. The molecule has 0 unspecified atom stereocenters. The van der Waals surface area contributed by atoms with E-state index in [2.05, 4.69) is 20.4 Å². The number of carbonyl (C=O) groups is 1. The van der Waals surface area contributed by atoms with Crippen LogP contribution in [0.4, 0.5) is 19.0 Å². The molecule has 0 spiro atoms. The lowest BCUT2D eigenvalue weighted by molar-refractivity contribution is -0.137. The molecule has 146 valence electrons. The number of nitrogens with one attached hydrogen (secondary N) is 1. The Morgan fingerprint density at radius 3 is 2.48 bits per heavy atom. The van der Waals surface area contributed by atoms with Gasteiger partial charge in [-0.25, -0.2) is 9.67 Å². The maximum absolute atomic E-state index is 13.4. The lowest BCUT2D eigenvalue weighted by atomic mass is 10.1. The Labute approximate surface area is 163 Å². The first-order valence-corrected chi connectivity index (χ1v) is 8.59. The average Bonchev–Trinajstić information content (AvgIpc) is 3.07. The van der Waals surface area contributed by atoms with E-state index >= 15 is 0 Å². The second-order valence-electron chi connectivity index (χ2n) is 6.30. The largest absolute Gasteiger partial charge is 0.418 e. The van der Waals surface area contributed by atoms with Gasteiger partial charge in [0.05, 0.1) is 34.2 Å². The van der Waals surface area contributed by atoms with Crippen LogP contribution < -0.4 is 5.32 Å². The van der Waals surface area contributed by atoms with Gasteiger partial charge in [-0.3, -0.25) is 9.78 Å². The van der Waals surface area contributed by atoms with Crippen LogP contribution in [0.5, 0.6) is 0 Å². The molecule has 0 atom stereocenters. The van der Waals surface area contributed by atoms with Gasteiger partial charge < -0.3 is 5.32 Å². The van der Waals surface area contributed by atoms with Crippen molar-refractivity contribution in [3.05, 3.63) is 77.7 Å². The molecule has 9 heteroatoms. The zero-order valence-corrected chi connectivity index (χ0v) is 15.1. The van der Waals surface area contributed by atoms with E-state index in [0.717, 1.165) is 10.7 Å². The Bertz CT molecular complexity index is 1220. The van der Waals surface area contributed by atoms with Crippen molar-refractivity contribution in [2.75, 3.05) is 5.32 Å². The van der Waals surface area contributed by atoms with E-state index in [-0.39, 0.29) is 17.2 Å². The van der Waals surface area contributed by atoms with E-state index in [4.69, 9.17) is 0 Å². The van der Waals surface area contributed by atoms with Crippen molar-refractivity contribution >= 4 is 22.8 Å². The fourth-order valence-electron chi connectivity index (χ4n) is 2.92. The average molecular weight is 397 g/mol. The number of amides is 1. The van der Waals surface area contributed by atoms with Crippen LogP contribution in [0.15, 0.2) is 60.8 Å². The lowest BCUT2D eigenvalue weighted by Crippen LogP contribution is -2.18. The van der Waals surface area contributed by atoms with Crippen molar-refractivity contribution in [1.82, 2.24) is 19.7 Å². The zero-order chi connectivity index (χ0) is 20.6. The highest BCUT2D eigenvalue weighted by atomic mass is 19.4. The van der Waals surface area contributed by atoms with Gasteiger partial charge >= 0.3 is 6.18 Å². The number of fused-ring (bicyclic) bond motifs is 1. The number of anilines is 1. The highest BCUT2D eigenvalue weighted by Crippen LogP contribution is 2.34. The first-order chi connectivity index (χ1) is 13.8. The third-order valence-electron chi connectivity index (χ3n) is 4.19. The zero-order valence-electron chi connectivity index (χ0n) is 15.1. The number of rotatable bonds is 3. The number of para-hydroxylation sites is 3. The molecule has 2 aromatic heterocycles. The minimum absolute atomic E-state index is 0.0400. The normalized spacial score (nSPS) is 11.6. The topological polar surface area (TPSA) is 72.7 Å². The van der Waals surface area contributed by atoms with E-state index < -0.39 is 17.6 Å². The lowest BCUT2D eigenvalue weighted by Gasteiger charge is -2.15. The van der Waals surface area contributed by atoms with Crippen LogP contribution >= 0.6 is 0 Å². The fourth-order valence-corrected chi connectivity index (χ4v) is 2.92. The third-order valence-corrected chi connectivity index (χ3v) is 4.19. The molecule has 0 radical (unpaired) electrons. The molecule has 0 saturated heterocycles. The minimum atomic E-state index is -4.57. The predicted molar refractivity (Wildman–Crippen MR) is 101 cm³/mol. The summed E-state index contributed by atoms with van der Waals surface area (Å²) in [6.07, 6.45) is -3.25. The summed E-state index contributed by atoms with van der Waals surface area (Å²) in [5.41, 5.74) is 0.605. The van der Waals surface area contributed by atoms with Crippen LogP contribution in [-0.4, -0.2) is 25.7 Å². The predicted octanol–water partition coefficient (Wildman–Crippen LogP) is 4.40. The van der Waals surface area contributed by atoms with Crippen LogP contribution in [-0.2, 0) is 6.18 Å². The van der Waals surface area contributed by atoms with E-state index in [1.807, 2.05) is 0 Å². The summed E-state index contributed by atoms with van der Waals surface area (Å²) in [6.45, 7) is 1.62. The molecule has 0 aliphatic rings. The maximum atomic E-state index is 13.4. The molecule has 0 aliphatic heterocycles. The molecular weight excluding hydrogens is 383 g/mol. The van der Waals surface area contributed by atoms with Gasteiger partial charge in [0.2, 0.25) is 0 Å². The first-order valence-electron chi connectivity index (χ1n) is 8.59. The Balaban J connectivity index is 1.71. The highest BCUT2D eigenvalue weighted by Gasteiger charge is 2.34. The number of nitrogens with zero attached hydrogens (tertiary/aromatic N) is 4. The summed E-state index contributed by atoms with van der Waals surface area (Å²) in [6, 6.07) is 13.6. The SMILES string of the molecule is Cc1cc(NC(=O)c2cnc3ccccc3n2)n(-c2ccccc2C(F)(F)F)n1. The molecule has 0 bridgehead atoms. The van der Waals surface area contributed by atoms with Crippen molar-refractivity contribution < 1.29 is 18.0 Å². The van der Waals surface area contributed by atoms with Crippen LogP contribution in [0.1, 0.15) is 21.7 Å². The fraction of sp³-hybridized carbons (Fsp3) is 0.100. The summed E-state index contributed by atoms with van der Waals surface area (Å²) >= 11 is 0. The number of halogens is 3. The van der Waals surface area contributed by atoms with Gasteiger partial charge in [-0.1, -0.05) is 24.3 Å². The Morgan fingerprint density at radius 2 is 1.72 bits per heavy atom. The second-order valence-corrected chi connectivity index (χ2v) is 6.30. The molecular formula is C20H14F3N5O. The van der Waals surface area contributed by atoms with Gasteiger partial charge in [-0.15, -0.1) is 0 Å².